The van der Waals surface area contributed by atoms with Crippen LogP contribution in [-0.4, -0.2) is 31.7 Å². The summed E-state index contributed by atoms with van der Waals surface area (Å²) in [6.45, 7) is 6.94. The minimum atomic E-state index is -0.370. The normalized spacial score (nSPS) is 14.1. The van der Waals surface area contributed by atoms with Crippen LogP contribution in [0.25, 0.3) is 0 Å². The van der Waals surface area contributed by atoms with Crippen LogP contribution in [0.15, 0.2) is 30.9 Å². The molecule has 1 aliphatic heterocycles. The molecular weight excluding hydrogens is 256 g/mol. The number of esters is 1. The molecule has 1 fully saturated rings. The number of nitrogens with zero attached hydrogens (tertiary/aromatic N) is 1. The van der Waals surface area contributed by atoms with Crippen LogP contribution in [0, 0.1) is 6.92 Å². The van der Waals surface area contributed by atoms with Crippen LogP contribution in [0.3, 0.4) is 0 Å². The lowest BCUT2D eigenvalue weighted by molar-refractivity contribution is 0.0511. The van der Waals surface area contributed by atoms with E-state index < -0.39 is 0 Å². The number of rotatable bonds is 5. The quantitative estimate of drug-likeness (QED) is 0.509. The molecule has 0 saturated carbocycles. The van der Waals surface area contributed by atoms with E-state index in [4.69, 9.17) is 4.74 Å². The lowest BCUT2D eigenvalue weighted by Crippen LogP contribution is -2.28. The van der Waals surface area contributed by atoms with Crippen molar-refractivity contribution in [3.8, 4) is 0 Å². The van der Waals surface area contributed by atoms with Crippen molar-refractivity contribution in [1.29, 1.82) is 0 Å². The van der Waals surface area contributed by atoms with Gasteiger partial charge in [-0.15, -0.1) is 6.58 Å². The van der Waals surface area contributed by atoms with E-state index in [1.807, 2.05) is 13.0 Å². The van der Waals surface area contributed by atoms with Gasteiger partial charge in [-0.3, -0.25) is 4.90 Å². The molecule has 0 atom stereocenters. The summed E-state index contributed by atoms with van der Waals surface area (Å²) >= 11 is 0. The number of carbonyl (C=O) groups excluding carboxylic acids is 2. The number of hydrogen-bond acceptors (Lipinski definition) is 3. The van der Waals surface area contributed by atoms with E-state index >= 15 is 0 Å². The first-order chi connectivity index (χ1) is 9.65. The Balaban J connectivity index is 2.20. The van der Waals surface area contributed by atoms with Crippen LogP contribution >= 0.6 is 0 Å². The molecule has 1 saturated heterocycles. The predicted molar refractivity (Wildman–Crippen MR) is 77.0 cm³/mol. The Morgan fingerprint density at radius 3 is 3.00 bits per heavy atom. The average Bonchev–Trinajstić information content (AvgIpc) is 2.85. The summed E-state index contributed by atoms with van der Waals surface area (Å²) < 4.78 is 5.16. The van der Waals surface area contributed by atoms with Gasteiger partial charge in [0, 0.05) is 18.8 Å². The number of benzene rings is 1. The Bertz CT molecular complexity index is 540. The van der Waals surface area contributed by atoms with Crippen LogP contribution < -0.4 is 10.2 Å². The maximum absolute atomic E-state index is 12.0. The van der Waals surface area contributed by atoms with Crippen LogP contribution in [0.2, 0.25) is 0 Å². The van der Waals surface area contributed by atoms with Gasteiger partial charge in [0.1, 0.15) is 0 Å². The third kappa shape index (κ3) is 2.82. The van der Waals surface area contributed by atoms with Gasteiger partial charge in [0.25, 0.3) is 0 Å². The fourth-order valence-electron chi connectivity index (χ4n) is 2.15. The first-order valence-electron chi connectivity index (χ1n) is 6.58. The maximum Gasteiger partial charge on any atom is 0.338 e. The van der Waals surface area contributed by atoms with Gasteiger partial charge < -0.3 is 10.1 Å². The van der Waals surface area contributed by atoms with Crippen LogP contribution in [0.4, 0.5) is 10.5 Å². The summed E-state index contributed by atoms with van der Waals surface area (Å²) in [5.74, 6) is -0.370. The fourth-order valence-corrected chi connectivity index (χ4v) is 2.15. The van der Waals surface area contributed by atoms with Crippen LogP contribution in [0.5, 0.6) is 0 Å². The summed E-state index contributed by atoms with van der Waals surface area (Å²) in [5, 5.41) is 2.75. The first-order valence-corrected chi connectivity index (χ1v) is 6.58. The molecule has 1 N–H and O–H groups in total. The lowest BCUT2D eigenvalue weighted by Gasteiger charge is -2.18. The van der Waals surface area contributed by atoms with Gasteiger partial charge in [-0.05, 0) is 31.0 Å². The highest BCUT2D eigenvalue weighted by atomic mass is 16.5. The zero-order valence-electron chi connectivity index (χ0n) is 11.5. The first kappa shape index (κ1) is 14.1. The van der Waals surface area contributed by atoms with Crippen molar-refractivity contribution in [3.63, 3.8) is 0 Å². The van der Waals surface area contributed by atoms with Crippen molar-refractivity contribution < 1.29 is 14.3 Å². The number of urea groups is 1. The molecule has 1 aromatic rings. The topological polar surface area (TPSA) is 58.6 Å². The summed E-state index contributed by atoms with van der Waals surface area (Å²) in [6, 6.07) is 5.17. The minimum Gasteiger partial charge on any atom is -0.462 e. The van der Waals surface area contributed by atoms with Gasteiger partial charge in [0.05, 0.1) is 12.2 Å². The van der Waals surface area contributed by atoms with Crippen molar-refractivity contribution in [2.75, 3.05) is 24.6 Å². The summed E-state index contributed by atoms with van der Waals surface area (Å²) in [7, 11) is 0. The number of hydrogen-bond donors (Lipinski definition) is 1. The number of amides is 2. The van der Waals surface area contributed by atoms with Gasteiger partial charge >= 0.3 is 12.0 Å². The molecule has 0 bridgehead atoms. The van der Waals surface area contributed by atoms with E-state index in [1.165, 1.54) is 0 Å². The Kier molecular flexibility index (Phi) is 4.40. The van der Waals surface area contributed by atoms with Crippen molar-refractivity contribution in [3.05, 3.63) is 42.0 Å². The third-order valence-electron chi connectivity index (χ3n) is 3.23. The summed E-state index contributed by atoms with van der Waals surface area (Å²) in [5.41, 5.74) is 2.00. The van der Waals surface area contributed by atoms with Crippen molar-refractivity contribution in [1.82, 2.24) is 5.32 Å². The molecular formula is C15H18N2O3. The highest BCUT2D eigenvalue weighted by molar-refractivity contribution is 5.98. The van der Waals surface area contributed by atoms with Crippen LogP contribution in [0.1, 0.15) is 22.3 Å². The summed E-state index contributed by atoms with van der Waals surface area (Å²) in [6.07, 6.45) is 2.32. The van der Waals surface area contributed by atoms with E-state index in [-0.39, 0.29) is 12.0 Å². The van der Waals surface area contributed by atoms with Crippen molar-refractivity contribution in [2.24, 2.45) is 0 Å². The molecule has 0 aromatic heterocycles. The largest absolute Gasteiger partial charge is 0.462 e. The molecule has 0 radical (unpaired) electrons. The SMILES string of the molecule is C=CCCOC(=O)c1cccc(N2CCNC2=O)c1C. The van der Waals surface area contributed by atoms with Gasteiger partial charge in [0.15, 0.2) is 0 Å². The van der Waals surface area contributed by atoms with E-state index in [1.54, 1.807) is 23.1 Å². The van der Waals surface area contributed by atoms with Gasteiger partial charge in [-0.2, -0.15) is 0 Å². The average molecular weight is 274 g/mol. The molecule has 0 aliphatic carbocycles. The molecule has 1 aliphatic rings. The lowest BCUT2D eigenvalue weighted by atomic mass is 10.1. The molecule has 0 spiro atoms. The number of ether oxygens (including phenoxy) is 1. The Labute approximate surface area is 118 Å². The van der Waals surface area contributed by atoms with E-state index in [2.05, 4.69) is 11.9 Å². The fraction of sp³-hybridized carbons (Fsp3) is 0.333. The molecule has 1 heterocycles. The second kappa shape index (κ2) is 6.23. The molecule has 20 heavy (non-hydrogen) atoms. The number of anilines is 1. The Hall–Kier alpha value is -2.30. The molecule has 2 rings (SSSR count). The third-order valence-corrected chi connectivity index (χ3v) is 3.23. The standard InChI is InChI=1S/C15H18N2O3/c1-3-4-10-20-14(18)12-6-5-7-13(11(12)2)17-9-8-16-15(17)19/h3,5-7H,1,4,8-10H2,2H3,(H,16,19). The monoisotopic (exact) mass is 274 g/mol. The maximum atomic E-state index is 12.0. The van der Waals surface area contributed by atoms with Crippen molar-refractivity contribution in [2.45, 2.75) is 13.3 Å². The smallest absolute Gasteiger partial charge is 0.338 e. The Morgan fingerprint density at radius 1 is 1.55 bits per heavy atom. The molecule has 0 unspecified atom stereocenters. The second-order valence-corrected chi connectivity index (χ2v) is 4.55. The minimum absolute atomic E-state index is 0.134. The van der Waals surface area contributed by atoms with Gasteiger partial charge in [-0.1, -0.05) is 12.1 Å². The molecule has 5 heteroatoms. The predicted octanol–water partition coefficient (Wildman–Crippen LogP) is 2.26. The zero-order chi connectivity index (χ0) is 14.5. The molecule has 1 aromatic carbocycles. The molecule has 106 valence electrons. The van der Waals surface area contributed by atoms with E-state index in [9.17, 15) is 9.59 Å². The van der Waals surface area contributed by atoms with Gasteiger partial charge in [0.2, 0.25) is 0 Å². The molecule has 5 nitrogen and oxygen atoms in total. The number of nitrogens with one attached hydrogen (secondary N) is 1. The Morgan fingerprint density at radius 2 is 2.35 bits per heavy atom. The molecule has 2 amide bonds. The summed E-state index contributed by atoms with van der Waals surface area (Å²) in [4.78, 5) is 25.4. The number of carbonyl (C=O) groups is 2. The van der Waals surface area contributed by atoms with E-state index in [0.717, 1.165) is 11.3 Å². The van der Waals surface area contributed by atoms with Crippen molar-refractivity contribution >= 4 is 17.7 Å². The van der Waals surface area contributed by atoms with E-state index in [0.29, 0.717) is 31.7 Å². The highest BCUT2D eigenvalue weighted by Gasteiger charge is 2.24. The van der Waals surface area contributed by atoms with Gasteiger partial charge in [-0.25, -0.2) is 9.59 Å². The zero-order valence-corrected chi connectivity index (χ0v) is 11.5. The highest BCUT2D eigenvalue weighted by Crippen LogP contribution is 2.25. The second-order valence-electron chi connectivity index (χ2n) is 4.55. The van der Waals surface area contributed by atoms with Crippen LogP contribution in [-0.2, 0) is 4.74 Å².